The van der Waals surface area contributed by atoms with Gasteiger partial charge >= 0.3 is 0 Å². The van der Waals surface area contributed by atoms with Crippen LogP contribution in [-0.2, 0) is 0 Å². The molecule has 0 aromatic heterocycles. The summed E-state index contributed by atoms with van der Waals surface area (Å²) < 4.78 is 13.8. The minimum absolute atomic E-state index is 0.122. The van der Waals surface area contributed by atoms with E-state index in [0.29, 0.717) is 5.56 Å². The van der Waals surface area contributed by atoms with Gasteiger partial charge in [-0.3, -0.25) is 5.32 Å². The van der Waals surface area contributed by atoms with E-state index in [0.717, 1.165) is 11.1 Å². The second-order valence-corrected chi connectivity index (χ2v) is 5.75. The zero-order chi connectivity index (χ0) is 16.4. The third kappa shape index (κ3) is 2.51. The van der Waals surface area contributed by atoms with E-state index in [4.69, 9.17) is 0 Å². The third-order valence-corrected chi connectivity index (χ3v) is 4.48. The number of hydrogen-bond acceptors (Lipinski definition) is 4. The molecule has 0 unspecified atom stereocenters. The molecule has 1 fully saturated rings. The number of hydrogen-bond donors (Lipinski definition) is 3. The lowest BCUT2D eigenvalue weighted by Crippen LogP contribution is -2.72. The summed E-state index contributed by atoms with van der Waals surface area (Å²) in [7, 11) is 0. The number of nitrogens with zero attached hydrogens (tertiary/aromatic N) is 1. The van der Waals surface area contributed by atoms with E-state index < -0.39 is 5.54 Å². The van der Waals surface area contributed by atoms with Crippen molar-refractivity contribution in [2.24, 2.45) is 0 Å². The Morgan fingerprint density at radius 3 is 2.39 bits per heavy atom. The van der Waals surface area contributed by atoms with Crippen LogP contribution in [0.15, 0.2) is 48.5 Å². The largest absolute Gasteiger partial charge is 0.395 e. The lowest BCUT2D eigenvalue weighted by molar-refractivity contribution is 0.0432. The molecule has 1 aliphatic heterocycles. The Labute approximate surface area is 133 Å². The van der Waals surface area contributed by atoms with Crippen molar-refractivity contribution < 1.29 is 14.6 Å². The topological polar surface area (TPSA) is 76.3 Å². The summed E-state index contributed by atoms with van der Waals surface area (Å²) in [5.41, 5.74) is 1.01. The first kappa shape index (κ1) is 15.6. The molecule has 0 aliphatic carbocycles. The van der Waals surface area contributed by atoms with Gasteiger partial charge in [0.15, 0.2) is 0 Å². The van der Waals surface area contributed by atoms with Gasteiger partial charge in [-0.15, -0.1) is 0 Å². The fraction of sp³-hybridized carbons (Fsp3) is 0.278. The van der Waals surface area contributed by atoms with Gasteiger partial charge in [-0.2, -0.15) is 5.26 Å². The summed E-state index contributed by atoms with van der Waals surface area (Å²) in [4.78, 5) is 0. The van der Waals surface area contributed by atoms with E-state index >= 15 is 0 Å². The molecule has 23 heavy (non-hydrogen) atoms. The van der Waals surface area contributed by atoms with Crippen molar-refractivity contribution in [2.75, 3.05) is 13.2 Å². The van der Waals surface area contributed by atoms with Gasteiger partial charge < -0.3 is 10.2 Å². The molecular weight excluding hydrogens is 295 g/mol. The predicted octanol–water partition coefficient (Wildman–Crippen LogP) is 1.80. The molecule has 2 aromatic rings. The van der Waals surface area contributed by atoms with Crippen LogP contribution in [0.2, 0.25) is 0 Å². The SMILES string of the molecule is N#C[C@@]1(CO)N[C@@H](CO)[C@H]1c1ccc(-c2ccccc2F)cc1. The quantitative estimate of drug-likeness (QED) is 0.804. The van der Waals surface area contributed by atoms with Crippen LogP contribution in [0, 0.1) is 17.1 Å². The van der Waals surface area contributed by atoms with Crippen molar-refractivity contribution >= 4 is 0 Å². The maximum Gasteiger partial charge on any atom is 0.138 e. The summed E-state index contributed by atoms with van der Waals surface area (Å²) in [5.74, 6) is -0.599. The molecule has 2 aromatic carbocycles. The predicted molar refractivity (Wildman–Crippen MR) is 84.0 cm³/mol. The van der Waals surface area contributed by atoms with Crippen LogP contribution in [0.3, 0.4) is 0 Å². The normalized spacial score (nSPS) is 26.3. The summed E-state index contributed by atoms with van der Waals surface area (Å²) >= 11 is 0. The molecule has 0 spiro atoms. The molecule has 3 N–H and O–H groups in total. The summed E-state index contributed by atoms with van der Waals surface area (Å²) in [6.07, 6.45) is 0. The average Bonchev–Trinajstić information content (AvgIpc) is 2.57. The Morgan fingerprint density at radius 2 is 1.83 bits per heavy atom. The Bertz CT molecular complexity index is 741. The molecule has 3 atom stereocenters. The first-order valence-electron chi connectivity index (χ1n) is 7.40. The van der Waals surface area contributed by atoms with E-state index in [9.17, 15) is 19.9 Å². The van der Waals surface area contributed by atoms with Gasteiger partial charge in [-0.25, -0.2) is 4.39 Å². The van der Waals surface area contributed by atoms with Crippen LogP contribution in [-0.4, -0.2) is 35.0 Å². The summed E-state index contributed by atoms with van der Waals surface area (Å²) in [5, 5.41) is 31.2. The van der Waals surface area contributed by atoms with Gasteiger partial charge in [0.1, 0.15) is 11.4 Å². The van der Waals surface area contributed by atoms with Gasteiger partial charge in [0.05, 0.1) is 19.3 Å². The Hall–Kier alpha value is -2.26. The highest BCUT2D eigenvalue weighted by atomic mass is 19.1. The monoisotopic (exact) mass is 312 g/mol. The number of halogens is 1. The van der Waals surface area contributed by atoms with Gasteiger partial charge in [0.25, 0.3) is 0 Å². The van der Waals surface area contributed by atoms with Crippen LogP contribution in [0.25, 0.3) is 11.1 Å². The zero-order valence-electron chi connectivity index (χ0n) is 12.4. The molecule has 0 amide bonds. The van der Waals surface area contributed by atoms with Gasteiger partial charge in [0, 0.05) is 17.5 Å². The molecule has 1 saturated heterocycles. The number of nitrogens with one attached hydrogen (secondary N) is 1. The average molecular weight is 312 g/mol. The van der Waals surface area contributed by atoms with Crippen LogP contribution in [0.4, 0.5) is 4.39 Å². The molecule has 118 valence electrons. The molecule has 5 heteroatoms. The number of nitriles is 1. The molecular formula is C18H17FN2O2. The smallest absolute Gasteiger partial charge is 0.138 e. The van der Waals surface area contributed by atoms with Crippen molar-refractivity contribution in [1.82, 2.24) is 5.32 Å². The van der Waals surface area contributed by atoms with Crippen LogP contribution in [0.1, 0.15) is 11.5 Å². The van der Waals surface area contributed by atoms with Crippen molar-refractivity contribution in [1.29, 1.82) is 5.26 Å². The van der Waals surface area contributed by atoms with Crippen molar-refractivity contribution in [3.8, 4) is 17.2 Å². The first-order valence-corrected chi connectivity index (χ1v) is 7.40. The second-order valence-electron chi connectivity index (χ2n) is 5.75. The molecule has 1 heterocycles. The van der Waals surface area contributed by atoms with E-state index in [1.54, 1.807) is 30.3 Å². The standard InChI is InChI=1S/C18H17FN2O2/c19-15-4-2-1-3-14(15)12-5-7-13(8-6-12)17-16(9-22)21-18(17,10-20)11-23/h1-8,16-17,21-23H,9,11H2/t16-,17+,18-/m0/s1. The van der Waals surface area contributed by atoms with Crippen molar-refractivity contribution in [3.63, 3.8) is 0 Å². The molecule has 0 bridgehead atoms. The zero-order valence-corrected chi connectivity index (χ0v) is 12.4. The van der Waals surface area contributed by atoms with Gasteiger partial charge in [-0.1, -0.05) is 42.5 Å². The molecule has 1 aliphatic rings. The van der Waals surface area contributed by atoms with E-state index in [1.165, 1.54) is 6.07 Å². The Morgan fingerprint density at radius 1 is 1.13 bits per heavy atom. The fourth-order valence-electron chi connectivity index (χ4n) is 3.27. The van der Waals surface area contributed by atoms with Crippen molar-refractivity contribution in [2.45, 2.75) is 17.5 Å². The molecule has 3 rings (SSSR count). The highest BCUT2D eigenvalue weighted by Crippen LogP contribution is 2.40. The third-order valence-electron chi connectivity index (χ3n) is 4.48. The lowest BCUT2D eigenvalue weighted by Gasteiger charge is -2.51. The molecule has 0 saturated carbocycles. The summed E-state index contributed by atoms with van der Waals surface area (Å²) in [6.45, 7) is -0.455. The maximum atomic E-state index is 13.8. The van der Waals surface area contributed by atoms with Gasteiger partial charge in [-0.05, 0) is 17.2 Å². The number of aliphatic hydroxyl groups excluding tert-OH is 2. The lowest BCUT2D eigenvalue weighted by atomic mass is 9.68. The van der Waals surface area contributed by atoms with E-state index in [2.05, 4.69) is 11.4 Å². The van der Waals surface area contributed by atoms with Crippen LogP contribution < -0.4 is 5.32 Å². The minimum atomic E-state index is -1.08. The van der Waals surface area contributed by atoms with Crippen molar-refractivity contribution in [3.05, 3.63) is 59.9 Å². The molecule has 4 nitrogen and oxygen atoms in total. The number of aliphatic hydroxyl groups is 2. The van der Waals surface area contributed by atoms with E-state index in [1.807, 2.05) is 12.1 Å². The van der Waals surface area contributed by atoms with Crippen LogP contribution >= 0.6 is 0 Å². The van der Waals surface area contributed by atoms with E-state index in [-0.39, 0.29) is 31.0 Å². The number of rotatable bonds is 4. The highest BCUT2D eigenvalue weighted by molar-refractivity contribution is 5.64. The first-order chi connectivity index (χ1) is 11.1. The fourth-order valence-corrected chi connectivity index (χ4v) is 3.27. The minimum Gasteiger partial charge on any atom is -0.395 e. The van der Waals surface area contributed by atoms with Gasteiger partial charge in [0.2, 0.25) is 0 Å². The number of benzene rings is 2. The Kier molecular flexibility index (Phi) is 4.14. The summed E-state index contributed by atoms with van der Waals surface area (Å²) in [6, 6.07) is 15.6. The second kappa shape index (κ2) is 6.09. The van der Waals surface area contributed by atoms with Crippen LogP contribution in [0.5, 0.6) is 0 Å². The maximum absolute atomic E-state index is 13.8. The molecule has 0 radical (unpaired) electrons. The Balaban J connectivity index is 1.93. The highest BCUT2D eigenvalue weighted by Gasteiger charge is 2.54.